The number of hydrogen-bond acceptors (Lipinski definition) is 6. The van der Waals surface area contributed by atoms with Crippen molar-refractivity contribution in [2.24, 2.45) is 5.73 Å². The van der Waals surface area contributed by atoms with E-state index in [1.165, 1.54) is 0 Å². The average molecular weight is 402 g/mol. The summed E-state index contributed by atoms with van der Waals surface area (Å²) in [5, 5.41) is 9.64. The van der Waals surface area contributed by atoms with Crippen LogP contribution in [0, 0.1) is 11.3 Å². The fourth-order valence-electron chi connectivity index (χ4n) is 2.90. The molecule has 0 radical (unpaired) electrons. The second-order valence-electron chi connectivity index (χ2n) is 5.45. The summed E-state index contributed by atoms with van der Waals surface area (Å²) < 4.78 is 17.2. The first-order valence-corrected chi connectivity index (χ1v) is 8.17. The van der Waals surface area contributed by atoms with Gasteiger partial charge < -0.3 is 25.7 Å². The second-order valence-corrected chi connectivity index (χ2v) is 6.31. The van der Waals surface area contributed by atoms with Crippen LogP contribution in [-0.4, -0.2) is 14.2 Å². The van der Waals surface area contributed by atoms with E-state index in [1.807, 2.05) is 12.1 Å². The summed E-state index contributed by atoms with van der Waals surface area (Å²) in [6, 6.07) is 11.1. The van der Waals surface area contributed by atoms with Crippen molar-refractivity contribution in [3.8, 4) is 23.3 Å². The molecule has 0 aromatic heterocycles. The maximum absolute atomic E-state index is 9.64. The number of nitrogens with zero attached hydrogens (tertiary/aromatic N) is 1. The number of allylic oxidation sites excluding steroid dienone is 1. The van der Waals surface area contributed by atoms with Gasteiger partial charge in [-0.1, -0.05) is 6.07 Å². The molecule has 2 aromatic rings. The van der Waals surface area contributed by atoms with Gasteiger partial charge in [-0.2, -0.15) is 5.26 Å². The monoisotopic (exact) mass is 401 g/mol. The Morgan fingerprint density at radius 3 is 2.44 bits per heavy atom. The molecule has 0 aliphatic carbocycles. The van der Waals surface area contributed by atoms with Crippen molar-refractivity contribution in [3.05, 3.63) is 57.4 Å². The number of halogens is 1. The van der Waals surface area contributed by atoms with E-state index in [9.17, 15) is 5.26 Å². The molecule has 0 saturated carbocycles. The van der Waals surface area contributed by atoms with Crippen LogP contribution in [0.3, 0.4) is 0 Å². The smallest absolute Gasteiger partial charge is 0.205 e. The summed E-state index contributed by atoms with van der Waals surface area (Å²) in [5.41, 5.74) is 14.2. The molecule has 1 aliphatic heterocycles. The number of nitrogens with two attached hydrogens (primary N) is 2. The topological polar surface area (TPSA) is 104 Å². The summed E-state index contributed by atoms with van der Waals surface area (Å²) in [4.78, 5) is 0. The number of nitriles is 1. The third-order valence-corrected chi connectivity index (χ3v) is 4.68. The maximum Gasteiger partial charge on any atom is 0.205 e. The molecule has 3 rings (SSSR count). The van der Waals surface area contributed by atoms with Crippen molar-refractivity contribution in [2.45, 2.75) is 5.92 Å². The zero-order chi connectivity index (χ0) is 18.1. The molecule has 25 heavy (non-hydrogen) atoms. The van der Waals surface area contributed by atoms with Gasteiger partial charge in [0.1, 0.15) is 28.9 Å². The van der Waals surface area contributed by atoms with Crippen LogP contribution in [0.4, 0.5) is 5.69 Å². The van der Waals surface area contributed by atoms with Crippen LogP contribution in [-0.2, 0) is 0 Å². The lowest BCUT2D eigenvalue weighted by Crippen LogP contribution is -2.21. The van der Waals surface area contributed by atoms with Crippen molar-refractivity contribution >= 4 is 21.6 Å². The number of methoxy groups -OCH3 is 2. The first kappa shape index (κ1) is 17.0. The molecule has 1 aliphatic rings. The fraction of sp³-hybridized carbons (Fsp3) is 0.167. The third kappa shape index (κ3) is 2.85. The Labute approximate surface area is 153 Å². The average Bonchev–Trinajstić information content (AvgIpc) is 2.60. The quantitative estimate of drug-likeness (QED) is 0.764. The highest BCUT2D eigenvalue weighted by Crippen LogP contribution is 2.47. The Balaban J connectivity index is 2.28. The lowest BCUT2D eigenvalue weighted by molar-refractivity contribution is 0.381. The number of benzene rings is 2. The number of anilines is 1. The predicted molar refractivity (Wildman–Crippen MR) is 97.4 cm³/mol. The molecular weight excluding hydrogens is 386 g/mol. The van der Waals surface area contributed by atoms with Gasteiger partial charge in [-0.05, 0) is 28.1 Å². The molecule has 1 heterocycles. The van der Waals surface area contributed by atoms with E-state index in [-0.39, 0.29) is 5.88 Å². The molecule has 0 fully saturated rings. The van der Waals surface area contributed by atoms with Crippen molar-refractivity contribution in [1.29, 1.82) is 5.26 Å². The minimum Gasteiger partial charge on any atom is -0.496 e. The van der Waals surface area contributed by atoms with Crippen LogP contribution in [0.2, 0.25) is 0 Å². The summed E-state index contributed by atoms with van der Waals surface area (Å²) in [6.07, 6.45) is 0. The van der Waals surface area contributed by atoms with Crippen LogP contribution in [0.25, 0.3) is 0 Å². The van der Waals surface area contributed by atoms with Crippen LogP contribution >= 0.6 is 15.9 Å². The summed E-state index contributed by atoms with van der Waals surface area (Å²) >= 11 is 3.48. The molecule has 2 aromatic carbocycles. The van der Waals surface area contributed by atoms with Gasteiger partial charge in [-0.15, -0.1) is 0 Å². The summed E-state index contributed by atoms with van der Waals surface area (Å²) in [7, 11) is 3.14. The third-order valence-electron chi connectivity index (χ3n) is 4.06. The molecule has 6 nitrogen and oxygen atoms in total. The van der Waals surface area contributed by atoms with Gasteiger partial charge in [-0.3, -0.25) is 0 Å². The molecule has 128 valence electrons. The van der Waals surface area contributed by atoms with Gasteiger partial charge in [0, 0.05) is 28.9 Å². The predicted octanol–water partition coefficient (Wildman–Crippen LogP) is 3.27. The molecule has 0 amide bonds. The number of ether oxygens (including phenoxy) is 3. The zero-order valence-electron chi connectivity index (χ0n) is 13.7. The van der Waals surface area contributed by atoms with Crippen LogP contribution in [0.15, 0.2) is 46.3 Å². The number of rotatable bonds is 3. The first-order valence-electron chi connectivity index (χ1n) is 7.38. The Kier molecular flexibility index (Phi) is 4.47. The zero-order valence-corrected chi connectivity index (χ0v) is 15.3. The Morgan fingerprint density at radius 1 is 1.08 bits per heavy atom. The van der Waals surface area contributed by atoms with E-state index in [0.717, 1.165) is 15.6 Å². The molecule has 0 saturated heterocycles. The van der Waals surface area contributed by atoms with E-state index >= 15 is 0 Å². The lowest BCUT2D eigenvalue weighted by Gasteiger charge is -2.28. The molecule has 7 heteroatoms. The van der Waals surface area contributed by atoms with E-state index in [2.05, 4.69) is 22.0 Å². The maximum atomic E-state index is 9.64. The minimum atomic E-state index is -0.438. The van der Waals surface area contributed by atoms with Gasteiger partial charge >= 0.3 is 0 Å². The molecule has 4 N–H and O–H groups in total. The van der Waals surface area contributed by atoms with Crippen molar-refractivity contribution in [2.75, 3.05) is 20.0 Å². The molecule has 1 atom stereocenters. The highest BCUT2D eigenvalue weighted by Gasteiger charge is 2.33. The van der Waals surface area contributed by atoms with Crippen LogP contribution < -0.4 is 25.7 Å². The van der Waals surface area contributed by atoms with Gasteiger partial charge in [0.05, 0.1) is 24.6 Å². The Hall–Kier alpha value is -2.85. The molecule has 0 spiro atoms. The van der Waals surface area contributed by atoms with E-state index in [4.69, 9.17) is 25.7 Å². The molecular formula is C18H16BrN3O3. The largest absolute Gasteiger partial charge is 0.496 e. The SMILES string of the molecule is COc1cc(OC)c(C2C(C#N)=C(N)Oc3cc(N)ccc32)cc1Br. The summed E-state index contributed by atoms with van der Waals surface area (Å²) in [6.45, 7) is 0. The van der Waals surface area contributed by atoms with Gasteiger partial charge in [0.15, 0.2) is 0 Å². The summed E-state index contributed by atoms with van der Waals surface area (Å²) in [5.74, 6) is 1.34. The van der Waals surface area contributed by atoms with Crippen molar-refractivity contribution in [3.63, 3.8) is 0 Å². The van der Waals surface area contributed by atoms with Gasteiger partial charge in [-0.25, -0.2) is 0 Å². The Morgan fingerprint density at radius 2 is 1.80 bits per heavy atom. The van der Waals surface area contributed by atoms with Gasteiger partial charge in [0.2, 0.25) is 5.88 Å². The molecule has 0 bridgehead atoms. The highest BCUT2D eigenvalue weighted by atomic mass is 79.9. The normalized spacial score (nSPS) is 15.8. The highest BCUT2D eigenvalue weighted by molar-refractivity contribution is 9.10. The fourth-order valence-corrected chi connectivity index (χ4v) is 3.42. The number of fused-ring (bicyclic) bond motifs is 1. The number of hydrogen-bond donors (Lipinski definition) is 2. The van der Waals surface area contributed by atoms with Crippen molar-refractivity contribution < 1.29 is 14.2 Å². The van der Waals surface area contributed by atoms with Crippen LogP contribution in [0.5, 0.6) is 17.2 Å². The molecule has 1 unspecified atom stereocenters. The van der Waals surface area contributed by atoms with Crippen LogP contribution in [0.1, 0.15) is 17.0 Å². The van der Waals surface area contributed by atoms with E-state index in [0.29, 0.717) is 28.5 Å². The van der Waals surface area contributed by atoms with Gasteiger partial charge in [0.25, 0.3) is 0 Å². The van der Waals surface area contributed by atoms with Crippen molar-refractivity contribution in [1.82, 2.24) is 0 Å². The minimum absolute atomic E-state index is 0.0552. The standard InChI is InChI=1S/C18H16BrN3O3/c1-23-14-7-16(24-2)13(19)6-11(14)17-10-4-3-9(21)5-15(10)25-18(22)12(17)8-20/h3-7,17H,21-22H2,1-2H3. The second kappa shape index (κ2) is 6.57. The van der Waals surface area contributed by atoms with E-state index in [1.54, 1.807) is 32.4 Å². The Bertz CT molecular complexity index is 919. The number of nitrogen functional groups attached to an aromatic ring is 1. The lowest BCUT2D eigenvalue weighted by atomic mass is 9.83. The first-order chi connectivity index (χ1) is 12.0. The van der Waals surface area contributed by atoms with E-state index < -0.39 is 5.92 Å².